The highest BCUT2D eigenvalue weighted by molar-refractivity contribution is 9.10. The molecule has 20 heavy (non-hydrogen) atoms. The maximum absolute atomic E-state index is 12.1. The van der Waals surface area contributed by atoms with Crippen LogP contribution in [-0.4, -0.2) is 15.7 Å². The first kappa shape index (κ1) is 14.8. The summed E-state index contributed by atoms with van der Waals surface area (Å²) in [6, 6.07) is 9.85. The summed E-state index contributed by atoms with van der Waals surface area (Å²) in [5.41, 5.74) is 0.986. The second kappa shape index (κ2) is 6.70. The smallest absolute Gasteiger partial charge is 0.229 e. The molecule has 1 N–H and O–H groups in total. The van der Waals surface area contributed by atoms with Crippen molar-refractivity contribution < 1.29 is 4.79 Å². The summed E-state index contributed by atoms with van der Waals surface area (Å²) in [5.74, 6) is 0.721. The summed E-state index contributed by atoms with van der Waals surface area (Å²) in [5, 5.41) is 7.17. The molecule has 0 fully saturated rings. The lowest BCUT2D eigenvalue weighted by atomic mass is 10.1. The Morgan fingerprint density at radius 2 is 2.05 bits per heavy atom. The van der Waals surface area contributed by atoms with Crippen LogP contribution in [0.1, 0.15) is 31.9 Å². The van der Waals surface area contributed by atoms with Crippen molar-refractivity contribution in [2.75, 3.05) is 5.32 Å². The number of anilines is 1. The number of carbonyl (C=O) groups excluding carboxylic acids is 1. The van der Waals surface area contributed by atoms with Crippen LogP contribution in [0.25, 0.3) is 0 Å². The van der Waals surface area contributed by atoms with E-state index in [1.165, 1.54) is 0 Å². The fourth-order valence-corrected chi connectivity index (χ4v) is 2.18. The van der Waals surface area contributed by atoms with Gasteiger partial charge in [-0.3, -0.25) is 4.79 Å². The zero-order valence-corrected chi connectivity index (χ0v) is 13.2. The zero-order valence-electron chi connectivity index (χ0n) is 11.6. The summed E-state index contributed by atoms with van der Waals surface area (Å²) in [6.07, 6.45) is 3.04. The van der Waals surface area contributed by atoms with Crippen molar-refractivity contribution in [1.82, 2.24) is 9.78 Å². The Kier molecular flexibility index (Phi) is 4.95. The van der Waals surface area contributed by atoms with Gasteiger partial charge >= 0.3 is 0 Å². The summed E-state index contributed by atoms with van der Waals surface area (Å²) in [6.45, 7) is 4.18. The number of hydrogen-bond acceptors (Lipinski definition) is 2. The van der Waals surface area contributed by atoms with Crippen molar-refractivity contribution in [3.63, 3.8) is 0 Å². The molecule has 2 rings (SSSR count). The minimum atomic E-state index is -0.0302. The minimum Gasteiger partial charge on any atom is -0.311 e. The number of carbonyl (C=O) groups is 1. The lowest BCUT2D eigenvalue weighted by molar-refractivity contribution is -0.115. The molecule has 1 aromatic heterocycles. The molecule has 0 saturated heterocycles. The molecule has 106 valence electrons. The molecule has 0 aliphatic carbocycles. The van der Waals surface area contributed by atoms with Gasteiger partial charge in [-0.1, -0.05) is 35.0 Å². The van der Waals surface area contributed by atoms with E-state index in [-0.39, 0.29) is 11.9 Å². The number of aromatic nitrogens is 2. The van der Waals surface area contributed by atoms with Gasteiger partial charge in [-0.25, -0.2) is 4.68 Å². The van der Waals surface area contributed by atoms with Crippen molar-refractivity contribution in [1.29, 1.82) is 0 Å². The first-order valence-corrected chi connectivity index (χ1v) is 7.47. The van der Waals surface area contributed by atoms with Crippen molar-refractivity contribution in [2.24, 2.45) is 0 Å². The van der Waals surface area contributed by atoms with Gasteiger partial charge in [0, 0.05) is 10.5 Å². The molecule has 0 radical (unpaired) electrons. The van der Waals surface area contributed by atoms with Crippen molar-refractivity contribution >= 4 is 27.7 Å². The molecule has 4 nitrogen and oxygen atoms in total. The highest BCUT2D eigenvalue weighted by atomic mass is 79.9. The number of nitrogens with one attached hydrogen (secondary N) is 1. The SMILES string of the molecule is CCC(C)n1nccc1NC(=O)Cc1ccc(Br)cc1. The van der Waals surface area contributed by atoms with E-state index in [9.17, 15) is 4.79 Å². The van der Waals surface area contributed by atoms with E-state index >= 15 is 0 Å². The van der Waals surface area contributed by atoms with E-state index in [4.69, 9.17) is 0 Å². The standard InChI is InChI=1S/C15H18BrN3O/c1-3-11(2)19-14(8-9-17-19)18-15(20)10-12-4-6-13(16)7-5-12/h4-9,11H,3,10H2,1-2H3,(H,18,20). The number of amides is 1. The molecular weight excluding hydrogens is 318 g/mol. The first-order valence-electron chi connectivity index (χ1n) is 6.68. The van der Waals surface area contributed by atoms with Crippen molar-refractivity contribution in [3.05, 3.63) is 46.6 Å². The predicted octanol–water partition coefficient (Wildman–Crippen LogP) is 3.80. The first-order chi connectivity index (χ1) is 9.60. The Hall–Kier alpha value is -1.62. The average molecular weight is 336 g/mol. The lowest BCUT2D eigenvalue weighted by Crippen LogP contribution is -2.18. The Morgan fingerprint density at radius 3 is 2.70 bits per heavy atom. The van der Waals surface area contributed by atoms with Gasteiger partial charge in [-0.05, 0) is 31.0 Å². The lowest BCUT2D eigenvalue weighted by Gasteiger charge is -2.14. The zero-order chi connectivity index (χ0) is 14.5. The fourth-order valence-electron chi connectivity index (χ4n) is 1.91. The Labute approximate surface area is 127 Å². The van der Waals surface area contributed by atoms with Crippen LogP contribution in [0.5, 0.6) is 0 Å². The second-order valence-electron chi connectivity index (χ2n) is 4.77. The van der Waals surface area contributed by atoms with Gasteiger partial charge in [0.15, 0.2) is 0 Å². The average Bonchev–Trinajstić information content (AvgIpc) is 2.88. The maximum Gasteiger partial charge on any atom is 0.229 e. The Morgan fingerprint density at radius 1 is 1.35 bits per heavy atom. The van der Waals surface area contributed by atoms with Crippen LogP contribution in [0.2, 0.25) is 0 Å². The van der Waals surface area contributed by atoms with Gasteiger partial charge in [-0.2, -0.15) is 5.10 Å². The monoisotopic (exact) mass is 335 g/mol. The molecule has 1 atom stereocenters. The van der Waals surface area contributed by atoms with Crippen molar-refractivity contribution in [2.45, 2.75) is 32.7 Å². The fraction of sp³-hybridized carbons (Fsp3) is 0.333. The molecule has 1 amide bonds. The van der Waals surface area contributed by atoms with Crippen LogP contribution < -0.4 is 5.32 Å². The molecule has 1 heterocycles. The number of halogens is 1. The molecule has 5 heteroatoms. The van der Waals surface area contributed by atoms with Crippen LogP contribution in [0.4, 0.5) is 5.82 Å². The Bertz CT molecular complexity index is 577. The van der Waals surface area contributed by atoms with Gasteiger partial charge in [-0.15, -0.1) is 0 Å². The van der Waals surface area contributed by atoms with Crippen molar-refractivity contribution in [3.8, 4) is 0 Å². The number of rotatable bonds is 5. The highest BCUT2D eigenvalue weighted by Crippen LogP contribution is 2.17. The van der Waals surface area contributed by atoms with Crippen LogP contribution in [-0.2, 0) is 11.2 Å². The summed E-state index contributed by atoms with van der Waals surface area (Å²) in [4.78, 5) is 12.1. The molecule has 1 unspecified atom stereocenters. The molecule has 0 bridgehead atoms. The van der Waals surface area contributed by atoms with E-state index in [2.05, 4.69) is 40.2 Å². The molecule has 0 saturated carbocycles. The van der Waals surface area contributed by atoms with Crippen LogP contribution in [0.3, 0.4) is 0 Å². The topological polar surface area (TPSA) is 46.9 Å². The number of benzene rings is 1. The third-order valence-electron chi connectivity index (χ3n) is 3.22. The largest absolute Gasteiger partial charge is 0.311 e. The summed E-state index contributed by atoms with van der Waals surface area (Å²) < 4.78 is 2.86. The van der Waals surface area contributed by atoms with Crippen LogP contribution >= 0.6 is 15.9 Å². The normalized spacial score (nSPS) is 12.2. The molecule has 2 aromatic rings. The van der Waals surface area contributed by atoms with Crippen LogP contribution in [0, 0.1) is 0 Å². The summed E-state index contributed by atoms with van der Waals surface area (Å²) >= 11 is 3.38. The number of nitrogens with zero attached hydrogens (tertiary/aromatic N) is 2. The van der Waals surface area contributed by atoms with E-state index in [0.29, 0.717) is 6.42 Å². The van der Waals surface area contributed by atoms with E-state index in [1.807, 2.05) is 35.0 Å². The van der Waals surface area contributed by atoms with Gasteiger partial charge in [0.05, 0.1) is 18.7 Å². The van der Waals surface area contributed by atoms with Crippen LogP contribution in [0.15, 0.2) is 41.0 Å². The van der Waals surface area contributed by atoms with E-state index < -0.39 is 0 Å². The predicted molar refractivity (Wildman–Crippen MR) is 83.7 cm³/mol. The summed E-state index contributed by atoms with van der Waals surface area (Å²) in [7, 11) is 0. The van der Waals surface area contributed by atoms with E-state index in [1.54, 1.807) is 6.20 Å². The number of hydrogen-bond donors (Lipinski definition) is 1. The van der Waals surface area contributed by atoms with Gasteiger partial charge in [0.2, 0.25) is 5.91 Å². The highest BCUT2D eigenvalue weighted by Gasteiger charge is 2.11. The molecule has 0 spiro atoms. The van der Waals surface area contributed by atoms with Gasteiger partial charge in [0.25, 0.3) is 0 Å². The third-order valence-corrected chi connectivity index (χ3v) is 3.75. The Balaban J connectivity index is 2.01. The molecule has 0 aliphatic rings. The molecule has 1 aromatic carbocycles. The van der Waals surface area contributed by atoms with Gasteiger partial charge in [0.1, 0.15) is 5.82 Å². The quantitative estimate of drug-likeness (QED) is 0.903. The van der Waals surface area contributed by atoms with E-state index in [0.717, 1.165) is 22.3 Å². The third kappa shape index (κ3) is 3.70. The molecule has 0 aliphatic heterocycles. The van der Waals surface area contributed by atoms with Gasteiger partial charge < -0.3 is 5.32 Å². The molecular formula is C15H18BrN3O. The second-order valence-corrected chi connectivity index (χ2v) is 5.69. The minimum absolute atomic E-state index is 0.0302. The maximum atomic E-state index is 12.1.